The van der Waals surface area contributed by atoms with E-state index in [2.05, 4.69) is 16.5 Å². The third-order valence-electron chi connectivity index (χ3n) is 2.76. The Kier molecular flexibility index (Phi) is 4.55. The Labute approximate surface area is 117 Å². The Morgan fingerprint density at radius 1 is 1.50 bits per heavy atom. The maximum absolute atomic E-state index is 12.4. The molecule has 1 aromatic heterocycles. The lowest BCUT2D eigenvalue weighted by atomic mass is 10.1. The van der Waals surface area contributed by atoms with Gasteiger partial charge in [0.1, 0.15) is 18.2 Å². The molecule has 0 radical (unpaired) electrons. The molecule has 0 bridgehead atoms. The van der Waals surface area contributed by atoms with Crippen LogP contribution in [0.5, 0.6) is 5.75 Å². The van der Waals surface area contributed by atoms with Crippen molar-refractivity contribution in [1.29, 1.82) is 0 Å². The number of carbonyl (C=O) groups excluding carboxylic acids is 1. The van der Waals surface area contributed by atoms with Crippen molar-refractivity contribution >= 4 is 5.91 Å². The molecule has 2 aromatic rings. The van der Waals surface area contributed by atoms with Gasteiger partial charge in [-0.1, -0.05) is 24.8 Å². The smallest absolute Gasteiger partial charge is 0.257 e. The third kappa shape index (κ3) is 3.26. The van der Waals surface area contributed by atoms with E-state index >= 15 is 0 Å². The van der Waals surface area contributed by atoms with Crippen molar-refractivity contribution in [2.75, 3.05) is 13.7 Å². The average Bonchev–Trinajstić information content (AvgIpc) is 2.97. The number of H-pyrrole nitrogens is 1. The number of aromatic amines is 1. The van der Waals surface area contributed by atoms with E-state index in [1.54, 1.807) is 42.6 Å². The van der Waals surface area contributed by atoms with E-state index in [4.69, 9.17) is 4.74 Å². The van der Waals surface area contributed by atoms with Crippen LogP contribution < -0.4 is 4.74 Å². The monoisotopic (exact) mass is 271 g/mol. The summed E-state index contributed by atoms with van der Waals surface area (Å²) in [5.74, 6) is 1.19. The number of hydrogen-bond acceptors (Lipinski definition) is 3. The summed E-state index contributed by atoms with van der Waals surface area (Å²) in [6.07, 6.45) is 5.04. The number of ether oxygens (including phenoxy) is 1. The number of aromatic nitrogens is 2. The van der Waals surface area contributed by atoms with Crippen LogP contribution in [-0.4, -0.2) is 34.4 Å². The highest BCUT2D eigenvalue weighted by atomic mass is 16.5. The molecule has 0 aliphatic carbocycles. The molecule has 0 fully saturated rings. The Hall–Kier alpha value is -2.56. The van der Waals surface area contributed by atoms with Crippen molar-refractivity contribution in [2.24, 2.45) is 0 Å². The van der Waals surface area contributed by atoms with Gasteiger partial charge in [-0.25, -0.2) is 4.98 Å². The lowest BCUT2D eigenvalue weighted by Gasteiger charge is -2.17. The summed E-state index contributed by atoms with van der Waals surface area (Å²) in [4.78, 5) is 21.1. The lowest BCUT2D eigenvalue weighted by molar-refractivity contribution is 0.0778. The molecular formula is C15H17N3O2. The average molecular weight is 271 g/mol. The van der Waals surface area contributed by atoms with Crippen molar-refractivity contribution < 1.29 is 9.53 Å². The van der Waals surface area contributed by atoms with Crippen LogP contribution in [0.4, 0.5) is 0 Å². The first-order valence-electron chi connectivity index (χ1n) is 6.29. The van der Waals surface area contributed by atoms with Crippen LogP contribution in [0.3, 0.4) is 0 Å². The van der Waals surface area contributed by atoms with Crippen molar-refractivity contribution in [3.8, 4) is 5.75 Å². The summed E-state index contributed by atoms with van der Waals surface area (Å²) in [5.41, 5.74) is 0.531. The standard InChI is InChI=1S/C15H17N3O2/c1-3-10-20-13-7-5-4-6-12(13)15(19)18(2)11-14-16-8-9-17-14/h3-9H,1,10-11H2,2H3,(H,16,17). The van der Waals surface area contributed by atoms with Gasteiger partial charge in [0, 0.05) is 19.4 Å². The molecule has 0 unspecified atom stereocenters. The molecule has 0 spiro atoms. The van der Waals surface area contributed by atoms with Gasteiger partial charge in [-0.2, -0.15) is 0 Å². The number of nitrogens with one attached hydrogen (secondary N) is 1. The molecule has 1 N–H and O–H groups in total. The zero-order chi connectivity index (χ0) is 14.4. The highest BCUT2D eigenvalue weighted by Crippen LogP contribution is 2.20. The zero-order valence-corrected chi connectivity index (χ0v) is 11.4. The SMILES string of the molecule is C=CCOc1ccccc1C(=O)N(C)Cc1ncc[nH]1. The molecule has 0 saturated heterocycles. The van der Waals surface area contributed by atoms with Crippen molar-refractivity contribution in [1.82, 2.24) is 14.9 Å². The van der Waals surface area contributed by atoms with Crippen LogP contribution >= 0.6 is 0 Å². The second kappa shape index (κ2) is 6.56. The Balaban J connectivity index is 2.13. The molecule has 104 valence electrons. The maximum Gasteiger partial charge on any atom is 0.257 e. The highest BCUT2D eigenvalue weighted by Gasteiger charge is 2.17. The molecule has 2 rings (SSSR count). The van der Waals surface area contributed by atoms with Gasteiger partial charge in [0.05, 0.1) is 12.1 Å². The summed E-state index contributed by atoms with van der Waals surface area (Å²) in [5, 5.41) is 0. The van der Waals surface area contributed by atoms with Crippen LogP contribution in [0, 0.1) is 0 Å². The molecule has 0 saturated carbocycles. The topological polar surface area (TPSA) is 58.2 Å². The van der Waals surface area contributed by atoms with Gasteiger partial charge < -0.3 is 14.6 Å². The number of nitrogens with zero attached hydrogens (tertiary/aromatic N) is 2. The number of amides is 1. The van der Waals surface area contributed by atoms with Crippen molar-refractivity contribution in [2.45, 2.75) is 6.54 Å². The van der Waals surface area contributed by atoms with Crippen LogP contribution in [-0.2, 0) is 6.54 Å². The molecule has 0 atom stereocenters. The zero-order valence-electron chi connectivity index (χ0n) is 11.4. The number of imidazole rings is 1. The molecular weight excluding hydrogens is 254 g/mol. The molecule has 0 aliphatic rings. The minimum absolute atomic E-state index is 0.110. The lowest BCUT2D eigenvalue weighted by Crippen LogP contribution is -2.27. The third-order valence-corrected chi connectivity index (χ3v) is 2.76. The Morgan fingerprint density at radius 2 is 2.30 bits per heavy atom. The summed E-state index contributed by atoms with van der Waals surface area (Å²) >= 11 is 0. The number of para-hydroxylation sites is 1. The summed E-state index contributed by atoms with van der Waals surface area (Å²) in [6.45, 7) is 4.39. The van der Waals surface area contributed by atoms with Gasteiger partial charge in [-0.15, -0.1) is 0 Å². The van der Waals surface area contributed by atoms with E-state index in [1.165, 1.54) is 0 Å². The minimum Gasteiger partial charge on any atom is -0.489 e. The van der Waals surface area contributed by atoms with Gasteiger partial charge in [0.15, 0.2) is 0 Å². The molecule has 1 aromatic carbocycles. The largest absolute Gasteiger partial charge is 0.489 e. The quantitative estimate of drug-likeness (QED) is 0.820. The normalized spacial score (nSPS) is 10.1. The van der Waals surface area contributed by atoms with Crippen molar-refractivity contribution in [3.05, 3.63) is 60.7 Å². The molecule has 1 amide bonds. The van der Waals surface area contributed by atoms with E-state index in [1.807, 2.05) is 12.1 Å². The van der Waals surface area contributed by atoms with E-state index < -0.39 is 0 Å². The van der Waals surface area contributed by atoms with E-state index in [0.29, 0.717) is 24.5 Å². The van der Waals surface area contributed by atoms with Crippen LogP contribution in [0.2, 0.25) is 0 Å². The van der Waals surface area contributed by atoms with Gasteiger partial charge in [0.25, 0.3) is 5.91 Å². The summed E-state index contributed by atoms with van der Waals surface area (Å²) < 4.78 is 5.50. The predicted octanol–water partition coefficient (Wildman–Crippen LogP) is 2.25. The van der Waals surface area contributed by atoms with Crippen LogP contribution in [0.1, 0.15) is 16.2 Å². The second-order valence-electron chi connectivity index (χ2n) is 4.29. The first-order chi connectivity index (χ1) is 9.72. The van der Waals surface area contributed by atoms with Crippen molar-refractivity contribution in [3.63, 3.8) is 0 Å². The predicted molar refractivity (Wildman–Crippen MR) is 76.5 cm³/mol. The highest BCUT2D eigenvalue weighted by molar-refractivity contribution is 5.96. The van der Waals surface area contributed by atoms with E-state index in [0.717, 1.165) is 5.82 Å². The molecule has 0 aliphatic heterocycles. The Morgan fingerprint density at radius 3 is 3.00 bits per heavy atom. The van der Waals surface area contributed by atoms with Crippen LogP contribution in [0.25, 0.3) is 0 Å². The van der Waals surface area contributed by atoms with E-state index in [9.17, 15) is 4.79 Å². The van der Waals surface area contributed by atoms with Gasteiger partial charge in [-0.3, -0.25) is 4.79 Å². The molecule has 5 nitrogen and oxygen atoms in total. The summed E-state index contributed by atoms with van der Waals surface area (Å²) in [7, 11) is 1.73. The van der Waals surface area contributed by atoms with E-state index in [-0.39, 0.29) is 5.91 Å². The number of benzene rings is 1. The molecule has 20 heavy (non-hydrogen) atoms. The maximum atomic E-state index is 12.4. The second-order valence-corrected chi connectivity index (χ2v) is 4.29. The molecule has 5 heteroatoms. The fraction of sp³-hybridized carbons (Fsp3) is 0.200. The first-order valence-corrected chi connectivity index (χ1v) is 6.29. The number of rotatable bonds is 6. The fourth-order valence-electron chi connectivity index (χ4n) is 1.80. The van der Waals surface area contributed by atoms with Crippen LogP contribution in [0.15, 0.2) is 49.3 Å². The first kappa shape index (κ1) is 13.9. The summed E-state index contributed by atoms with van der Waals surface area (Å²) in [6, 6.07) is 7.17. The molecule has 1 heterocycles. The number of carbonyl (C=O) groups is 1. The number of hydrogen-bond donors (Lipinski definition) is 1. The van der Waals surface area contributed by atoms with Gasteiger partial charge in [-0.05, 0) is 12.1 Å². The van der Waals surface area contributed by atoms with Gasteiger partial charge in [0.2, 0.25) is 0 Å². The Bertz CT molecular complexity index is 579. The minimum atomic E-state index is -0.110. The van der Waals surface area contributed by atoms with Gasteiger partial charge >= 0.3 is 0 Å². The fourth-order valence-corrected chi connectivity index (χ4v) is 1.80.